The lowest BCUT2D eigenvalue weighted by atomic mass is 9.71. The minimum Gasteiger partial charge on any atom is -0.378 e. The zero-order valence-electron chi connectivity index (χ0n) is 18.4. The summed E-state index contributed by atoms with van der Waals surface area (Å²) in [5, 5.41) is 3.28. The Hall–Kier alpha value is -2.41. The predicted molar refractivity (Wildman–Crippen MR) is 117 cm³/mol. The molecule has 7 nitrogen and oxygen atoms in total. The molecule has 5 aliphatic rings. The van der Waals surface area contributed by atoms with Gasteiger partial charge in [-0.15, -0.1) is 0 Å². The number of hydrogen-bond donors (Lipinski definition) is 1. The minimum atomic E-state index is -0.0408. The first kappa shape index (κ1) is 19.1. The Morgan fingerprint density at radius 2 is 2.06 bits per heavy atom. The van der Waals surface area contributed by atoms with Gasteiger partial charge in [-0.05, 0) is 72.8 Å². The van der Waals surface area contributed by atoms with Gasteiger partial charge in [-0.1, -0.05) is 6.07 Å². The van der Waals surface area contributed by atoms with Crippen LogP contribution in [0.1, 0.15) is 48.3 Å². The van der Waals surface area contributed by atoms with E-state index in [1.165, 1.54) is 32.1 Å². The van der Waals surface area contributed by atoms with E-state index in [9.17, 15) is 9.59 Å². The molecule has 168 valence electrons. The third-order valence-electron chi connectivity index (χ3n) is 9.11. The van der Waals surface area contributed by atoms with E-state index in [-0.39, 0.29) is 18.2 Å². The van der Waals surface area contributed by atoms with Crippen LogP contribution in [0, 0.1) is 28.6 Å². The number of pyridine rings is 1. The Morgan fingerprint density at radius 3 is 2.94 bits per heavy atom. The molecular formula is C25H30N4O3. The molecule has 2 aromatic heterocycles. The molecule has 5 fully saturated rings. The summed E-state index contributed by atoms with van der Waals surface area (Å²) in [4.78, 5) is 32.2. The minimum absolute atomic E-state index is 0.0408. The molecular weight excluding hydrogens is 404 g/mol. The smallest absolute Gasteiger partial charge is 0.268 e. The molecule has 2 amide bonds. The Kier molecular flexibility index (Phi) is 3.92. The van der Waals surface area contributed by atoms with Crippen molar-refractivity contribution in [1.82, 2.24) is 19.6 Å². The van der Waals surface area contributed by atoms with E-state index < -0.39 is 0 Å². The van der Waals surface area contributed by atoms with Gasteiger partial charge in [0, 0.05) is 25.8 Å². The molecule has 0 aromatic carbocycles. The number of nitrogens with one attached hydrogen (secondary N) is 1. The van der Waals surface area contributed by atoms with E-state index in [2.05, 4.69) is 10.3 Å². The summed E-state index contributed by atoms with van der Waals surface area (Å²) in [6.07, 6.45) is 8.92. The highest BCUT2D eigenvalue weighted by Crippen LogP contribution is 2.83. The standard InChI is InChI=1S/C25H30N4O3/c30-22(28-4-6-32-7-5-28)9-18-13-29-20(2-1-3-21(29)27-18)23(31)26-15-24-10-16-8-19(16)25(14-24)12-17(25)11-24/h1-3,13,16-17,19H,4-12,14-15H2,(H,26,31). The average molecular weight is 435 g/mol. The maximum absolute atomic E-state index is 13.2. The molecule has 32 heavy (non-hydrogen) atoms. The molecule has 2 bridgehead atoms. The highest BCUT2D eigenvalue weighted by Gasteiger charge is 2.76. The highest BCUT2D eigenvalue weighted by atomic mass is 16.5. The number of fused-ring (bicyclic) bond motifs is 3. The number of carbonyl (C=O) groups is 2. The van der Waals surface area contributed by atoms with Crippen LogP contribution >= 0.6 is 0 Å². The van der Waals surface area contributed by atoms with E-state index >= 15 is 0 Å². The molecule has 1 N–H and O–H groups in total. The molecule has 4 aliphatic carbocycles. The Morgan fingerprint density at radius 1 is 1.19 bits per heavy atom. The second-order valence-corrected chi connectivity index (χ2v) is 11.0. The molecule has 7 heteroatoms. The van der Waals surface area contributed by atoms with Crippen molar-refractivity contribution in [2.24, 2.45) is 28.6 Å². The average Bonchev–Trinajstić information content (AvgIpc) is 3.64. The van der Waals surface area contributed by atoms with Crippen molar-refractivity contribution in [1.29, 1.82) is 0 Å². The molecule has 7 rings (SSSR count). The van der Waals surface area contributed by atoms with Gasteiger partial charge in [-0.25, -0.2) is 4.98 Å². The molecule has 5 atom stereocenters. The number of morpholine rings is 1. The van der Waals surface area contributed by atoms with Crippen LogP contribution in [0.2, 0.25) is 0 Å². The van der Waals surface area contributed by atoms with Crippen molar-refractivity contribution in [3.8, 4) is 0 Å². The Labute approximate surface area is 187 Å². The van der Waals surface area contributed by atoms with Crippen LogP contribution in [-0.2, 0) is 16.0 Å². The lowest BCUT2D eigenvalue weighted by molar-refractivity contribution is -0.134. The summed E-state index contributed by atoms with van der Waals surface area (Å²) in [5.41, 5.74) is 2.99. The van der Waals surface area contributed by atoms with E-state index in [4.69, 9.17) is 4.74 Å². The molecule has 4 saturated carbocycles. The maximum atomic E-state index is 13.2. The molecule has 1 spiro atoms. The van der Waals surface area contributed by atoms with Gasteiger partial charge in [0.1, 0.15) is 11.3 Å². The number of ether oxygens (including phenoxy) is 1. The zero-order chi connectivity index (χ0) is 21.5. The van der Waals surface area contributed by atoms with Crippen molar-refractivity contribution >= 4 is 17.5 Å². The maximum Gasteiger partial charge on any atom is 0.268 e. The lowest BCUT2D eigenvalue weighted by Gasteiger charge is -2.36. The van der Waals surface area contributed by atoms with Crippen LogP contribution in [0.5, 0.6) is 0 Å². The first-order valence-electron chi connectivity index (χ1n) is 12.2. The predicted octanol–water partition coefficient (Wildman–Crippen LogP) is 2.29. The Bertz CT molecular complexity index is 1120. The summed E-state index contributed by atoms with van der Waals surface area (Å²) in [6, 6.07) is 5.61. The fourth-order valence-electron chi connectivity index (χ4n) is 7.64. The normalized spacial score (nSPS) is 36.5. The topological polar surface area (TPSA) is 75.9 Å². The molecule has 5 unspecified atom stereocenters. The second kappa shape index (κ2) is 6.56. The third kappa shape index (κ3) is 2.86. The monoisotopic (exact) mass is 434 g/mol. The lowest BCUT2D eigenvalue weighted by Crippen LogP contribution is -2.41. The van der Waals surface area contributed by atoms with Gasteiger partial charge < -0.3 is 15.0 Å². The van der Waals surface area contributed by atoms with Crippen LogP contribution in [0.4, 0.5) is 0 Å². The first-order valence-corrected chi connectivity index (χ1v) is 12.2. The summed E-state index contributed by atoms with van der Waals surface area (Å²) in [6.45, 7) is 3.23. The number of nitrogens with zero attached hydrogens (tertiary/aromatic N) is 3. The van der Waals surface area contributed by atoms with Crippen LogP contribution in [0.25, 0.3) is 5.65 Å². The highest BCUT2D eigenvalue weighted by molar-refractivity contribution is 5.93. The molecule has 0 radical (unpaired) electrons. The molecule has 1 aliphatic heterocycles. The molecule has 2 aromatic rings. The summed E-state index contributed by atoms with van der Waals surface area (Å²) >= 11 is 0. The van der Waals surface area contributed by atoms with Gasteiger partial charge in [0.15, 0.2) is 0 Å². The van der Waals surface area contributed by atoms with Crippen LogP contribution in [0.15, 0.2) is 24.4 Å². The molecule has 3 heterocycles. The second-order valence-electron chi connectivity index (χ2n) is 11.0. The summed E-state index contributed by atoms with van der Waals surface area (Å²) in [7, 11) is 0. The number of imidazole rings is 1. The van der Waals surface area contributed by atoms with Gasteiger partial charge in [0.25, 0.3) is 5.91 Å². The largest absolute Gasteiger partial charge is 0.378 e. The first-order chi connectivity index (χ1) is 15.6. The number of aromatic nitrogens is 2. The number of hydrogen-bond acceptors (Lipinski definition) is 4. The van der Waals surface area contributed by atoms with Crippen LogP contribution in [-0.4, -0.2) is 58.9 Å². The quantitative estimate of drug-likeness (QED) is 0.784. The van der Waals surface area contributed by atoms with E-state index in [0.29, 0.717) is 54.2 Å². The fraction of sp³-hybridized carbons (Fsp3) is 0.640. The van der Waals surface area contributed by atoms with Crippen molar-refractivity contribution in [2.45, 2.75) is 38.5 Å². The van der Waals surface area contributed by atoms with Crippen molar-refractivity contribution in [3.63, 3.8) is 0 Å². The SMILES string of the molecule is O=C(NCC12CC3CC3C3(CC3C1)C2)c1cccc2nc(CC(=O)N3CCOCC3)cn12. The summed E-state index contributed by atoms with van der Waals surface area (Å²) < 4.78 is 7.17. The number of amides is 2. The van der Waals surface area contributed by atoms with Gasteiger partial charge in [-0.2, -0.15) is 0 Å². The number of carbonyl (C=O) groups excluding carboxylic acids is 2. The van der Waals surface area contributed by atoms with Gasteiger partial charge in [0.2, 0.25) is 5.91 Å². The van der Waals surface area contributed by atoms with Crippen molar-refractivity contribution in [3.05, 3.63) is 35.8 Å². The van der Waals surface area contributed by atoms with Gasteiger partial charge >= 0.3 is 0 Å². The van der Waals surface area contributed by atoms with Gasteiger partial charge in [0.05, 0.1) is 25.3 Å². The van der Waals surface area contributed by atoms with E-state index in [1.807, 2.05) is 33.7 Å². The third-order valence-corrected chi connectivity index (χ3v) is 9.11. The van der Waals surface area contributed by atoms with Gasteiger partial charge in [-0.3, -0.25) is 14.0 Å². The molecule has 1 saturated heterocycles. The number of rotatable bonds is 5. The van der Waals surface area contributed by atoms with Crippen molar-refractivity contribution < 1.29 is 14.3 Å². The van der Waals surface area contributed by atoms with E-state index in [1.54, 1.807) is 0 Å². The van der Waals surface area contributed by atoms with Crippen LogP contribution < -0.4 is 5.32 Å². The van der Waals surface area contributed by atoms with Crippen molar-refractivity contribution in [2.75, 3.05) is 32.8 Å². The van der Waals surface area contributed by atoms with Crippen LogP contribution in [0.3, 0.4) is 0 Å². The van der Waals surface area contributed by atoms with E-state index in [0.717, 1.165) is 24.3 Å². The Balaban J connectivity index is 1.06. The zero-order valence-corrected chi connectivity index (χ0v) is 18.4. The fourth-order valence-corrected chi connectivity index (χ4v) is 7.64. The summed E-state index contributed by atoms with van der Waals surface area (Å²) in [5.74, 6) is 2.89.